The fraction of sp³-hybridized carbons (Fsp3) is 0.938. The number of piperidine rings is 1. The van der Waals surface area contributed by atoms with Gasteiger partial charge in [-0.2, -0.15) is 0 Å². The van der Waals surface area contributed by atoms with Crippen molar-refractivity contribution in [3.63, 3.8) is 0 Å². The van der Waals surface area contributed by atoms with Crippen molar-refractivity contribution in [2.45, 2.75) is 26.2 Å². The zero-order valence-electron chi connectivity index (χ0n) is 13.2. The number of amides is 1. The van der Waals surface area contributed by atoms with Crippen LogP contribution in [-0.2, 0) is 9.53 Å². The van der Waals surface area contributed by atoms with Gasteiger partial charge in [0.2, 0.25) is 5.91 Å². The molecule has 5 nitrogen and oxygen atoms in total. The second-order valence-corrected chi connectivity index (χ2v) is 7.13. The molecule has 0 aromatic rings. The van der Waals surface area contributed by atoms with Crippen LogP contribution in [0.2, 0.25) is 0 Å². The Morgan fingerprint density at radius 2 is 2.10 bits per heavy atom. The average molecular weight is 295 g/mol. The molecule has 2 aliphatic heterocycles. The van der Waals surface area contributed by atoms with Gasteiger partial charge in [0.1, 0.15) is 0 Å². The van der Waals surface area contributed by atoms with Crippen LogP contribution in [0.3, 0.4) is 0 Å². The number of hydrogen-bond donors (Lipinski definition) is 2. The molecule has 2 unspecified atom stereocenters. The van der Waals surface area contributed by atoms with Crippen LogP contribution >= 0.6 is 0 Å². The Labute approximate surface area is 127 Å². The molecule has 0 aromatic carbocycles. The molecule has 3 aliphatic rings. The summed E-state index contributed by atoms with van der Waals surface area (Å²) in [5.41, 5.74) is 0.350. The van der Waals surface area contributed by atoms with Gasteiger partial charge in [-0.15, -0.1) is 0 Å². The molecule has 0 bridgehead atoms. The van der Waals surface area contributed by atoms with Gasteiger partial charge in [0, 0.05) is 32.1 Å². The molecule has 2 heterocycles. The maximum absolute atomic E-state index is 12.3. The van der Waals surface area contributed by atoms with Crippen LogP contribution in [0, 0.1) is 17.3 Å². The smallest absolute Gasteiger partial charge is 0.223 e. The third kappa shape index (κ3) is 3.76. The fourth-order valence-corrected chi connectivity index (χ4v) is 3.88. The molecule has 3 rings (SSSR count). The number of ether oxygens (including phenoxy) is 1. The Morgan fingerprint density at radius 1 is 1.38 bits per heavy atom. The lowest BCUT2D eigenvalue weighted by Gasteiger charge is -2.29. The van der Waals surface area contributed by atoms with Crippen molar-refractivity contribution >= 4 is 5.91 Å². The van der Waals surface area contributed by atoms with Crippen LogP contribution in [0.25, 0.3) is 0 Å². The normalized spacial score (nSPS) is 30.0. The lowest BCUT2D eigenvalue weighted by atomic mass is 9.91. The van der Waals surface area contributed by atoms with E-state index in [1.165, 1.54) is 12.8 Å². The Kier molecular flexibility index (Phi) is 4.82. The van der Waals surface area contributed by atoms with E-state index in [0.29, 0.717) is 17.2 Å². The number of morpholine rings is 1. The van der Waals surface area contributed by atoms with Crippen LogP contribution in [0.15, 0.2) is 0 Å². The summed E-state index contributed by atoms with van der Waals surface area (Å²) in [7, 11) is 0. The molecule has 120 valence electrons. The van der Waals surface area contributed by atoms with Crippen molar-refractivity contribution in [3.8, 4) is 0 Å². The van der Waals surface area contributed by atoms with E-state index in [2.05, 4.69) is 22.5 Å². The van der Waals surface area contributed by atoms with Crippen LogP contribution in [0.4, 0.5) is 0 Å². The number of hydrogen-bond acceptors (Lipinski definition) is 4. The van der Waals surface area contributed by atoms with E-state index in [1.807, 2.05) is 0 Å². The van der Waals surface area contributed by atoms with Crippen LogP contribution in [0.1, 0.15) is 26.2 Å². The highest BCUT2D eigenvalue weighted by atomic mass is 16.5. The minimum atomic E-state index is 0.287. The summed E-state index contributed by atoms with van der Waals surface area (Å²) in [5.74, 6) is 1.09. The third-order valence-corrected chi connectivity index (χ3v) is 5.40. The summed E-state index contributed by atoms with van der Waals surface area (Å²) in [6, 6.07) is 0. The largest absolute Gasteiger partial charge is 0.379 e. The molecule has 1 spiro atoms. The zero-order chi connectivity index (χ0) is 14.7. The van der Waals surface area contributed by atoms with Crippen molar-refractivity contribution in [1.82, 2.24) is 15.5 Å². The highest BCUT2D eigenvalue weighted by Crippen LogP contribution is 2.58. The first-order valence-electron chi connectivity index (χ1n) is 8.48. The van der Waals surface area contributed by atoms with Crippen LogP contribution in [-0.4, -0.2) is 63.3 Å². The Bertz CT molecular complexity index is 363. The van der Waals surface area contributed by atoms with Gasteiger partial charge in [-0.25, -0.2) is 0 Å². The number of nitrogens with one attached hydrogen (secondary N) is 2. The van der Waals surface area contributed by atoms with Gasteiger partial charge in [0.15, 0.2) is 0 Å². The number of carbonyl (C=O) groups is 1. The second-order valence-electron chi connectivity index (χ2n) is 7.13. The molecule has 21 heavy (non-hydrogen) atoms. The van der Waals surface area contributed by atoms with E-state index in [9.17, 15) is 4.79 Å². The maximum Gasteiger partial charge on any atom is 0.223 e. The summed E-state index contributed by atoms with van der Waals surface area (Å²) in [5, 5.41) is 6.58. The molecular formula is C16H29N3O2. The molecule has 2 atom stereocenters. The molecule has 0 aromatic heterocycles. The summed E-state index contributed by atoms with van der Waals surface area (Å²) in [4.78, 5) is 14.7. The molecule has 1 amide bonds. The monoisotopic (exact) mass is 295 g/mol. The average Bonchev–Trinajstić information content (AvgIpc) is 3.20. The fourth-order valence-electron chi connectivity index (χ4n) is 3.88. The quantitative estimate of drug-likeness (QED) is 0.774. The number of carbonyl (C=O) groups excluding carboxylic acids is 1. The predicted octanol–water partition coefficient (Wildman–Crippen LogP) is 0.461. The summed E-state index contributed by atoms with van der Waals surface area (Å²) < 4.78 is 5.37. The molecule has 5 heteroatoms. The van der Waals surface area contributed by atoms with Gasteiger partial charge in [-0.3, -0.25) is 9.69 Å². The maximum atomic E-state index is 12.3. The molecule has 2 saturated heterocycles. The third-order valence-electron chi connectivity index (χ3n) is 5.40. The van der Waals surface area contributed by atoms with Crippen molar-refractivity contribution in [3.05, 3.63) is 0 Å². The van der Waals surface area contributed by atoms with E-state index in [0.717, 1.165) is 58.9 Å². The van der Waals surface area contributed by atoms with Gasteiger partial charge in [0.05, 0.1) is 13.2 Å². The van der Waals surface area contributed by atoms with E-state index in [1.54, 1.807) is 0 Å². The second kappa shape index (κ2) is 6.63. The Morgan fingerprint density at radius 3 is 2.81 bits per heavy atom. The van der Waals surface area contributed by atoms with E-state index in [4.69, 9.17) is 4.74 Å². The SMILES string of the molecule is CC(CNC(=O)C1CC12CCNCC2)CN1CCOCC1. The van der Waals surface area contributed by atoms with Gasteiger partial charge in [-0.05, 0) is 43.7 Å². The first-order valence-corrected chi connectivity index (χ1v) is 8.48. The van der Waals surface area contributed by atoms with Gasteiger partial charge >= 0.3 is 0 Å². The van der Waals surface area contributed by atoms with Crippen LogP contribution < -0.4 is 10.6 Å². The molecule has 2 N–H and O–H groups in total. The highest BCUT2D eigenvalue weighted by Gasteiger charge is 2.57. The van der Waals surface area contributed by atoms with Gasteiger partial charge in [0.25, 0.3) is 0 Å². The van der Waals surface area contributed by atoms with Gasteiger partial charge < -0.3 is 15.4 Å². The Hall–Kier alpha value is -0.650. The topological polar surface area (TPSA) is 53.6 Å². The van der Waals surface area contributed by atoms with Crippen molar-refractivity contribution in [2.75, 3.05) is 52.5 Å². The molecule has 1 saturated carbocycles. The summed E-state index contributed by atoms with van der Waals surface area (Å²) >= 11 is 0. The van der Waals surface area contributed by atoms with Crippen molar-refractivity contribution in [2.24, 2.45) is 17.3 Å². The van der Waals surface area contributed by atoms with E-state index >= 15 is 0 Å². The lowest BCUT2D eigenvalue weighted by Crippen LogP contribution is -2.42. The molecule has 1 aliphatic carbocycles. The standard InChI is InChI=1S/C16H29N3O2/c1-13(12-19-6-8-21-9-7-19)11-18-15(20)14-10-16(14)2-4-17-5-3-16/h13-14,17H,2-12H2,1H3,(H,18,20). The highest BCUT2D eigenvalue weighted by molar-refractivity contribution is 5.82. The predicted molar refractivity (Wildman–Crippen MR) is 82.1 cm³/mol. The zero-order valence-corrected chi connectivity index (χ0v) is 13.2. The minimum absolute atomic E-state index is 0.287. The first-order chi connectivity index (χ1) is 10.2. The lowest BCUT2D eigenvalue weighted by molar-refractivity contribution is -0.123. The summed E-state index contributed by atoms with van der Waals surface area (Å²) in [6.45, 7) is 9.99. The van der Waals surface area contributed by atoms with E-state index < -0.39 is 0 Å². The summed E-state index contributed by atoms with van der Waals surface area (Å²) in [6.07, 6.45) is 3.46. The molecular weight excluding hydrogens is 266 g/mol. The van der Waals surface area contributed by atoms with Crippen molar-refractivity contribution < 1.29 is 9.53 Å². The van der Waals surface area contributed by atoms with Crippen LogP contribution in [0.5, 0.6) is 0 Å². The number of nitrogens with zero attached hydrogens (tertiary/aromatic N) is 1. The molecule has 3 fully saturated rings. The number of rotatable bonds is 5. The Balaban J connectivity index is 1.36. The van der Waals surface area contributed by atoms with Crippen molar-refractivity contribution in [1.29, 1.82) is 0 Å². The first kappa shape index (κ1) is 15.3. The molecule has 0 radical (unpaired) electrons. The minimum Gasteiger partial charge on any atom is -0.379 e. The van der Waals surface area contributed by atoms with Gasteiger partial charge in [-0.1, -0.05) is 6.92 Å². The van der Waals surface area contributed by atoms with E-state index in [-0.39, 0.29) is 5.92 Å².